The van der Waals surface area contributed by atoms with Crippen molar-refractivity contribution in [1.82, 2.24) is 10.3 Å². The minimum atomic E-state index is -0.222. The second-order valence-electron chi connectivity index (χ2n) is 3.88. The lowest BCUT2D eigenvalue weighted by molar-refractivity contribution is -0.125. The summed E-state index contributed by atoms with van der Waals surface area (Å²) in [5.74, 6) is -0.268. The van der Waals surface area contributed by atoms with Crippen molar-refractivity contribution < 1.29 is 9.53 Å². The number of carbonyl (C=O) groups excluding carboxylic acids is 1. The Morgan fingerprint density at radius 2 is 2.56 bits per heavy atom. The smallest absolute Gasteiger partial charge is 0.227 e. The molecule has 0 saturated carbocycles. The zero-order valence-corrected chi connectivity index (χ0v) is 9.92. The molecule has 1 fully saturated rings. The second-order valence-corrected chi connectivity index (χ2v) is 4.95. The Morgan fingerprint density at radius 1 is 1.75 bits per heavy atom. The van der Waals surface area contributed by atoms with Gasteiger partial charge in [0.1, 0.15) is 0 Å². The lowest BCUT2D eigenvalue weighted by atomic mass is 10.0. The number of hydrogen-bond acceptors (Lipinski definition) is 5. The molecule has 0 spiro atoms. The van der Waals surface area contributed by atoms with Crippen LogP contribution in [0.1, 0.15) is 10.7 Å². The summed E-state index contributed by atoms with van der Waals surface area (Å²) in [5, 5.41) is 5.78. The summed E-state index contributed by atoms with van der Waals surface area (Å²) in [7, 11) is 0. The second kappa shape index (κ2) is 4.90. The maximum absolute atomic E-state index is 11.7. The monoisotopic (exact) mass is 241 g/mol. The lowest BCUT2D eigenvalue weighted by Crippen LogP contribution is -2.40. The number of thiazole rings is 1. The highest BCUT2D eigenvalue weighted by Gasteiger charge is 2.31. The molecule has 0 bridgehead atoms. The van der Waals surface area contributed by atoms with E-state index in [0.717, 1.165) is 10.7 Å². The summed E-state index contributed by atoms with van der Waals surface area (Å²) in [6.07, 6.45) is 0. The number of carbonyl (C=O) groups is 1. The van der Waals surface area contributed by atoms with E-state index in [1.807, 2.05) is 12.3 Å². The first kappa shape index (κ1) is 11.5. The molecule has 0 aromatic carbocycles. The van der Waals surface area contributed by atoms with Gasteiger partial charge in [0, 0.05) is 11.4 Å². The minimum Gasteiger partial charge on any atom is -0.379 e. The standard InChI is InChI=1S/C10H15N3O2S/c1-6-13-7(5-16-6)2-12-10(14)8-3-15-4-9(8)11/h5,8-9H,2-4,11H2,1H3,(H,12,14). The Labute approximate surface area is 98.0 Å². The van der Waals surface area contributed by atoms with Crippen LogP contribution in [-0.4, -0.2) is 30.1 Å². The third kappa shape index (κ3) is 2.58. The molecule has 1 aliphatic rings. The van der Waals surface area contributed by atoms with Crippen LogP contribution in [0, 0.1) is 12.8 Å². The van der Waals surface area contributed by atoms with Crippen molar-refractivity contribution in [2.75, 3.05) is 13.2 Å². The van der Waals surface area contributed by atoms with E-state index in [1.165, 1.54) is 0 Å². The van der Waals surface area contributed by atoms with Crippen molar-refractivity contribution in [3.05, 3.63) is 16.1 Å². The Hall–Kier alpha value is -0.980. The third-order valence-corrected chi connectivity index (χ3v) is 3.39. The van der Waals surface area contributed by atoms with Crippen LogP contribution in [0.3, 0.4) is 0 Å². The average molecular weight is 241 g/mol. The highest BCUT2D eigenvalue weighted by molar-refractivity contribution is 7.09. The minimum absolute atomic E-state index is 0.0457. The normalized spacial score (nSPS) is 24.6. The predicted molar refractivity (Wildman–Crippen MR) is 61.0 cm³/mol. The van der Waals surface area contributed by atoms with E-state index < -0.39 is 0 Å². The van der Waals surface area contributed by atoms with Crippen LogP contribution < -0.4 is 11.1 Å². The van der Waals surface area contributed by atoms with Gasteiger partial charge in [-0.1, -0.05) is 0 Å². The quantitative estimate of drug-likeness (QED) is 0.783. The molecule has 1 aromatic heterocycles. The predicted octanol–water partition coefficient (Wildman–Crippen LogP) is 0.0414. The topological polar surface area (TPSA) is 77.2 Å². The van der Waals surface area contributed by atoms with E-state index >= 15 is 0 Å². The van der Waals surface area contributed by atoms with E-state index in [4.69, 9.17) is 10.5 Å². The van der Waals surface area contributed by atoms with Crippen molar-refractivity contribution >= 4 is 17.2 Å². The Balaban J connectivity index is 1.83. The Kier molecular flexibility index (Phi) is 3.52. The molecule has 0 aliphatic carbocycles. The number of aryl methyl sites for hydroxylation is 1. The number of hydrogen-bond donors (Lipinski definition) is 2. The van der Waals surface area contributed by atoms with Gasteiger partial charge in [-0.3, -0.25) is 4.79 Å². The Bertz CT molecular complexity index is 380. The SMILES string of the molecule is Cc1nc(CNC(=O)C2COCC2N)cs1. The number of amides is 1. The van der Waals surface area contributed by atoms with Gasteiger partial charge < -0.3 is 15.8 Å². The molecule has 5 nitrogen and oxygen atoms in total. The van der Waals surface area contributed by atoms with Gasteiger partial charge in [0.2, 0.25) is 5.91 Å². The molecule has 2 atom stereocenters. The third-order valence-electron chi connectivity index (χ3n) is 2.57. The van der Waals surface area contributed by atoms with Crippen molar-refractivity contribution in [1.29, 1.82) is 0 Å². The summed E-state index contributed by atoms with van der Waals surface area (Å²) < 4.78 is 5.15. The molecule has 1 aromatic rings. The number of nitrogens with zero attached hydrogens (tertiary/aromatic N) is 1. The van der Waals surface area contributed by atoms with E-state index in [0.29, 0.717) is 19.8 Å². The molecule has 6 heteroatoms. The first-order valence-corrected chi connectivity index (χ1v) is 6.07. The molecule has 1 aliphatic heterocycles. The molecule has 88 valence electrons. The molecule has 0 radical (unpaired) electrons. The van der Waals surface area contributed by atoms with Gasteiger partial charge in [-0.25, -0.2) is 4.98 Å². The van der Waals surface area contributed by atoms with Crippen LogP contribution in [0.2, 0.25) is 0 Å². The molecular formula is C10H15N3O2S. The summed E-state index contributed by atoms with van der Waals surface area (Å²) >= 11 is 1.58. The van der Waals surface area contributed by atoms with Crippen LogP contribution in [0.25, 0.3) is 0 Å². The highest BCUT2D eigenvalue weighted by atomic mass is 32.1. The number of nitrogens with one attached hydrogen (secondary N) is 1. The van der Waals surface area contributed by atoms with Crippen LogP contribution in [-0.2, 0) is 16.1 Å². The summed E-state index contributed by atoms with van der Waals surface area (Å²) in [6.45, 7) is 3.29. The van der Waals surface area contributed by atoms with Gasteiger partial charge in [-0.05, 0) is 6.92 Å². The van der Waals surface area contributed by atoms with Gasteiger partial charge >= 0.3 is 0 Å². The highest BCUT2D eigenvalue weighted by Crippen LogP contribution is 2.12. The van der Waals surface area contributed by atoms with Crippen LogP contribution in [0.5, 0.6) is 0 Å². The largest absolute Gasteiger partial charge is 0.379 e. The van der Waals surface area contributed by atoms with E-state index in [1.54, 1.807) is 11.3 Å². The summed E-state index contributed by atoms with van der Waals surface area (Å²) in [4.78, 5) is 16.0. The van der Waals surface area contributed by atoms with Crippen molar-refractivity contribution in [3.63, 3.8) is 0 Å². The molecule has 16 heavy (non-hydrogen) atoms. The van der Waals surface area contributed by atoms with Crippen LogP contribution >= 0.6 is 11.3 Å². The van der Waals surface area contributed by atoms with Gasteiger partial charge in [0.05, 0.1) is 36.4 Å². The number of nitrogens with two attached hydrogens (primary N) is 1. The first-order valence-electron chi connectivity index (χ1n) is 5.19. The Morgan fingerprint density at radius 3 is 3.12 bits per heavy atom. The number of ether oxygens (including phenoxy) is 1. The number of aromatic nitrogens is 1. The molecular weight excluding hydrogens is 226 g/mol. The molecule has 3 N–H and O–H groups in total. The van der Waals surface area contributed by atoms with E-state index in [-0.39, 0.29) is 17.9 Å². The van der Waals surface area contributed by atoms with Crippen molar-refractivity contribution in [3.8, 4) is 0 Å². The van der Waals surface area contributed by atoms with Gasteiger partial charge in [-0.2, -0.15) is 0 Å². The van der Waals surface area contributed by atoms with Crippen molar-refractivity contribution in [2.45, 2.75) is 19.5 Å². The molecule has 1 amide bonds. The van der Waals surface area contributed by atoms with Crippen molar-refractivity contribution in [2.24, 2.45) is 11.7 Å². The van der Waals surface area contributed by atoms with Crippen LogP contribution in [0.15, 0.2) is 5.38 Å². The fraction of sp³-hybridized carbons (Fsp3) is 0.600. The van der Waals surface area contributed by atoms with Gasteiger partial charge in [0.15, 0.2) is 0 Å². The van der Waals surface area contributed by atoms with E-state index in [2.05, 4.69) is 10.3 Å². The maximum Gasteiger partial charge on any atom is 0.227 e. The summed E-state index contributed by atoms with van der Waals surface area (Å²) in [6, 6.07) is -0.183. The average Bonchev–Trinajstić information content (AvgIpc) is 2.84. The van der Waals surface area contributed by atoms with Gasteiger partial charge in [0.25, 0.3) is 0 Å². The first-order chi connectivity index (χ1) is 7.66. The lowest BCUT2D eigenvalue weighted by Gasteiger charge is -2.12. The zero-order valence-electron chi connectivity index (χ0n) is 9.10. The molecule has 1 saturated heterocycles. The van der Waals surface area contributed by atoms with E-state index in [9.17, 15) is 4.79 Å². The fourth-order valence-corrected chi connectivity index (χ4v) is 2.25. The van der Waals surface area contributed by atoms with Gasteiger partial charge in [-0.15, -0.1) is 11.3 Å². The molecule has 2 unspecified atom stereocenters. The maximum atomic E-state index is 11.7. The zero-order chi connectivity index (χ0) is 11.5. The molecule has 2 heterocycles. The number of rotatable bonds is 3. The fourth-order valence-electron chi connectivity index (χ4n) is 1.64. The molecule has 2 rings (SSSR count). The van der Waals surface area contributed by atoms with Crippen LogP contribution in [0.4, 0.5) is 0 Å². The summed E-state index contributed by atoms with van der Waals surface area (Å²) in [5.41, 5.74) is 6.65.